The molecule has 0 spiro atoms. The minimum absolute atomic E-state index is 0.155. The highest BCUT2D eigenvalue weighted by atomic mass is 16.5. The molecule has 0 aliphatic rings. The number of ether oxygens (including phenoxy) is 2. The summed E-state index contributed by atoms with van der Waals surface area (Å²) in [6.07, 6.45) is 1.63. The number of amides is 2. The topological polar surface area (TPSA) is 79.9 Å². The van der Waals surface area contributed by atoms with Gasteiger partial charge in [-0.25, -0.2) is 0 Å². The van der Waals surface area contributed by atoms with Gasteiger partial charge in [0.15, 0.2) is 11.5 Å². The van der Waals surface area contributed by atoms with E-state index in [1.54, 1.807) is 50.6 Å². The van der Waals surface area contributed by atoms with Gasteiger partial charge in [-0.1, -0.05) is 37.6 Å². The summed E-state index contributed by atoms with van der Waals surface area (Å²) in [5, 5.41) is 5.66. The minimum atomic E-state index is -0.354. The Labute approximate surface area is 190 Å². The lowest BCUT2D eigenvalue weighted by Gasteiger charge is -2.18. The third kappa shape index (κ3) is 7.13. The lowest BCUT2D eigenvalue weighted by Crippen LogP contribution is -2.39. The van der Waals surface area contributed by atoms with Gasteiger partial charge in [-0.2, -0.15) is 0 Å². The van der Waals surface area contributed by atoms with E-state index in [0.29, 0.717) is 29.2 Å². The van der Waals surface area contributed by atoms with Crippen LogP contribution >= 0.6 is 0 Å². The van der Waals surface area contributed by atoms with Crippen molar-refractivity contribution in [2.24, 2.45) is 0 Å². The van der Waals surface area contributed by atoms with Gasteiger partial charge >= 0.3 is 0 Å². The Morgan fingerprint density at radius 3 is 2.22 bits per heavy atom. The Morgan fingerprint density at radius 1 is 0.969 bits per heavy atom. The molecule has 0 unspecified atom stereocenters. The summed E-state index contributed by atoms with van der Waals surface area (Å²) < 4.78 is 10.6. The highest BCUT2D eigenvalue weighted by Gasteiger charge is 2.15. The van der Waals surface area contributed by atoms with Gasteiger partial charge in [0.2, 0.25) is 0 Å². The predicted octanol–water partition coefficient (Wildman–Crippen LogP) is 3.24. The average Bonchev–Trinajstić information content (AvgIpc) is 2.81. The highest BCUT2D eigenvalue weighted by molar-refractivity contribution is 6.05. The zero-order valence-corrected chi connectivity index (χ0v) is 19.5. The molecule has 0 saturated carbocycles. The fraction of sp³-hybridized carbons (Fsp3) is 0.360. The average molecular weight is 440 g/mol. The van der Waals surface area contributed by atoms with E-state index in [-0.39, 0.29) is 17.5 Å². The second-order valence-electron chi connectivity index (χ2n) is 7.28. The Kier molecular flexibility index (Phi) is 9.76. The number of nitrogens with zero attached hydrogens (tertiary/aromatic N) is 1. The molecule has 0 aliphatic heterocycles. The number of carbonyl (C=O) groups is 2. The SMILES string of the molecule is CCN(CC)CCNC(=O)C(=Cc1ccc(OC)c(OC)c1)NC(=O)c1ccc(C)cc1. The quantitative estimate of drug-likeness (QED) is 0.526. The molecule has 0 atom stereocenters. The highest BCUT2D eigenvalue weighted by Crippen LogP contribution is 2.28. The maximum absolute atomic E-state index is 12.9. The number of benzene rings is 2. The molecule has 0 radical (unpaired) electrons. The molecule has 7 heteroatoms. The number of rotatable bonds is 11. The number of methoxy groups -OCH3 is 2. The summed E-state index contributed by atoms with van der Waals surface area (Å²) >= 11 is 0. The van der Waals surface area contributed by atoms with Crippen LogP contribution < -0.4 is 20.1 Å². The van der Waals surface area contributed by atoms with E-state index in [9.17, 15) is 9.59 Å². The van der Waals surface area contributed by atoms with Gasteiger partial charge in [-0.05, 0) is 55.9 Å². The Morgan fingerprint density at radius 2 is 1.62 bits per heavy atom. The first-order valence-corrected chi connectivity index (χ1v) is 10.7. The van der Waals surface area contributed by atoms with E-state index in [2.05, 4.69) is 29.4 Å². The Bertz CT molecular complexity index is 935. The van der Waals surface area contributed by atoms with Crippen molar-refractivity contribution >= 4 is 17.9 Å². The molecule has 2 aromatic carbocycles. The van der Waals surface area contributed by atoms with Gasteiger partial charge in [0, 0.05) is 18.7 Å². The van der Waals surface area contributed by atoms with Crippen LogP contribution in [0.25, 0.3) is 6.08 Å². The van der Waals surface area contributed by atoms with Crippen molar-refractivity contribution in [3.8, 4) is 11.5 Å². The Hall–Kier alpha value is -3.32. The number of carbonyl (C=O) groups excluding carboxylic acids is 2. The van der Waals surface area contributed by atoms with Crippen molar-refractivity contribution in [2.45, 2.75) is 20.8 Å². The second kappa shape index (κ2) is 12.5. The summed E-state index contributed by atoms with van der Waals surface area (Å²) in [6.45, 7) is 9.13. The van der Waals surface area contributed by atoms with Crippen LogP contribution in [0.2, 0.25) is 0 Å². The first kappa shape index (κ1) is 24.9. The van der Waals surface area contributed by atoms with E-state index < -0.39 is 0 Å². The van der Waals surface area contributed by atoms with Crippen molar-refractivity contribution in [3.63, 3.8) is 0 Å². The normalized spacial score (nSPS) is 11.2. The predicted molar refractivity (Wildman–Crippen MR) is 127 cm³/mol. The molecule has 2 amide bonds. The van der Waals surface area contributed by atoms with Crippen LogP contribution in [0, 0.1) is 6.92 Å². The van der Waals surface area contributed by atoms with Crippen LogP contribution in [0.3, 0.4) is 0 Å². The third-order valence-corrected chi connectivity index (χ3v) is 5.13. The summed E-state index contributed by atoms with van der Waals surface area (Å²) in [5.74, 6) is 0.411. The summed E-state index contributed by atoms with van der Waals surface area (Å²) in [4.78, 5) is 27.9. The first-order chi connectivity index (χ1) is 15.4. The number of hydrogen-bond acceptors (Lipinski definition) is 5. The molecule has 2 rings (SSSR count). The maximum Gasteiger partial charge on any atom is 0.267 e. The Balaban J connectivity index is 2.27. The standard InChI is InChI=1S/C25H33N3O4/c1-6-28(7-2)15-14-26-25(30)21(27-24(29)20-11-8-18(3)9-12-20)16-19-10-13-22(31-4)23(17-19)32-5/h8-13,16-17H,6-7,14-15H2,1-5H3,(H,26,30)(H,27,29). The van der Waals surface area contributed by atoms with E-state index >= 15 is 0 Å². The number of likely N-dealkylation sites (N-methyl/N-ethyl adjacent to an activating group) is 1. The van der Waals surface area contributed by atoms with Crippen molar-refractivity contribution in [3.05, 3.63) is 64.9 Å². The largest absolute Gasteiger partial charge is 0.493 e. The van der Waals surface area contributed by atoms with E-state index in [1.165, 1.54) is 0 Å². The second-order valence-corrected chi connectivity index (χ2v) is 7.28. The van der Waals surface area contributed by atoms with E-state index in [4.69, 9.17) is 9.47 Å². The van der Waals surface area contributed by atoms with Gasteiger partial charge in [0.05, 0.1) is 14.2 Å². The number of hydrogen-bond donors (Lipinski definition) is 2. The number of aryl methyl sites for hydroxylation is 1. The van der Waals surface area contributed by atoms with E-state index in [1.807, 2.05) is 19.1 Å². The monoisotopic (exact) mass is 439 g/mol. The molecule has 7 nitrogen and oxygen atoms in total. The lowest BCUT2D eigenvalue weighted by molar-refractivity contribution is -0.117. The molecular formula is C25H33N3O4. The van der Waals surface area contributed by atoms with Crippen LogP contribution in [0.5, 0.6) is 11.5 Å². The van der Waals surface area contributed by atoms with Crippen LogP contribution in [0.15, 0.2) is 48.2 Å². The molecule has 2 N–H and O–H groups in total. The van der Waals surface area contributed by atoms with Crippen LogP contribution in [0.4, 0.5) is 0 Å². The van der Waals surface area contributed by atoms with E-state index in [0.717, 1.165) is 25.2 Å². The van der Waals surface area contributed by atoms with Crippen molar-refractivity contribution in [2.75, 3.05) is 40.4 Å². The molecule has 2 aromatic rings. The molecular weight excluding hydrogens is 406 g/mol. The molecule has 0 bridgehead atoms. The van der Waals surface area contributed by atoms with Crippen molar-refractivity contribution in [1.29, 1.82) is 0 Å². The van der Waals surface area contributed by atoms with Crippen LogP contribution in [-0.4, -0.2) is 57.1 Å². The lowest BCUT2D eigenvalue weighted by atomic mass is 10.1. The fourth-order valence-electron chi connectivity index (χ4n) is 3.13. The summed E-state index contributed by atoms with van der Waals surface area (Å²) in [5.41, 5.74) is 2.38. The molecule has 0 aromatic heterocycles. The van der Waals surface area contributed by atoms with Gasteiger partial charge in [0.25, 0.3) is 11.8 Å². The van der Waals surface area contributed by atoms with Gasteiger partial charge in [-0.3, -0.25) is 9.59 Å². The first-order valence-electron chi connectivity index (χ1n) is 10.7. The van der Waals surface area contributed by atoms with Gasteiger partial charge < -0.3 is 25.0 Å². The smallest absolute Gasteiger partial charge is 0.267 e. The van der Waals surface area contributed by atoms with Gasteiger partial charge in [0.1, 0.15) is 5.70 Å². The maximum atomic E-state index is 12.9. The molecule has 172 valence electrons. The van der Waals surface area contributed by atoms with Crippen LogP contribution in [-0.2, 0) is 4.79 Å². The molecule has 0 aliphatic carbocycles. The number of nitrogens with one attached hydrogen (secondary N) is 2. The molecule has 32 heavy (non-hydrogen) atoms. The summed E-state index contributed by atoms with van der Waals surface area (Å²) in [7, 11) is 3.11. The van der Waals surface area contributed by atoms with Gasteiger partial charge in [-0.15, -0.1) is 0 Å². The van der Waals surface area contributed by atoms with Crippen molar-refractivity contribution < 1.29 is 19.1 Å². The third-order valence-electron chi connectivity index (χ3n) is 5.13. The molecule has 0 saturated heterocycles. The minimum Gasteiger partial charge on any atom is -0.493 e. The summed E-state index contributed by atoms with van der Waals surface area (Å²) in [6, 6.07) is 12.5. The van der Waals surface area contributed by atoms with Crippen molar-refractivity contribution in [1.82, 2.24) is 15.5 Å². The molecule has 0 heterocycles. The fourth-order valence-corrected chi connectivity index (χ4v) is 3.13. The molecule has 0 fully saturated rings. The van der Waals surface area contributed by atoms with Crippen LogP contribution in [0.1, 0.15) is 35.3 Å². The zero-order valence-electron chi connectivity index (χ0n) is 19.5. The zero-order chi connectivity index (χ0) is 23.5.